The SMILES string of the molecule is Nc1ccc(O)c(CNc2ncnc3nc[nH]c23)c1. The minimum Gasteiger partial charge on any atom is -0.508 e. The van der Waals surface area contributed by atoms with E-state index in [1.165, 1.54) is 6.33 Å². The molecule has 0 saturated heterocycles. The number of hydrogen-bond donors (Lipinski definition) is 4. The van der Waals surface area contributed by atoms with Gasteiger partial charge in [-0.3, -0.25) is 0 Å². The van der Waals surface area contributed by atoms with E-state index in [-0.39, 0.29) is 5.75 Å². The summed E-state index contributed by atoms with van der Waals surface area (Å²) in [7, 11) is 0. The summed E-state index contributed by atoms with van der Waals surface area (Å²) in [6.07, 6.45) is 2.99. The van der Waals surface area contributed by atoms with Crippen LogP contribution in [0.15, 0.2) is 30.9 Å². The molecule has 0 spiro atoms. The zero-order chi connectivity index (χ0) is 13.2. The van der Waals surface area contributed by atoms with Crippen molar-refractivity contribution in [3.63, 3.8) is 0 Å². The molecule has 19 heavy (non-hydrogen) atoms. The van der Waals surface area contributed by atoms with Gasteiger partial charge in [-0.1, -0.05) is 0 Å². The molecule has 0 aliphatic carbocycles. The van der Waals surface area contributed by atoms with E-state index in [1.807, 2.05) is 0 Å². The largest absolute Gasteiger partial charge is 0.508 e. The van der Waals surface area contributed by atoms with Gasteiger partial charge >= 0.3 is 0 Å². The average Bonchev–Trinajstić information content (AvgIpc) is 2.88. The summed E-state index contributed by atoms with van der Waals surface area (Å²) in [6.45, 7) is 0.405. The topological polar surface area (TPSA) is 113 Å². The summed E-state index contributed by atoms with van der Waals surface area (Å²) >= 11 is 0. The lowest BCUT2D eigenvalue weighted by molar-refractivity contribution is 0.469. The molecule has 3 aromatic rings. The van der Waals surface area contributed by atoms with Crippen molar-refractivity contribution in [2.24, 2.45) is 0 Å². The second-order valence-electron chi connectivity index (χ2n) is 4.07. The number of aromatic nitrogens is 4. The Morgan fingerprint density at radius 2 is 2.16 bits per heavy atom. The highest BCUT2D eigenvalue weighted by Gasteiger charge is 2.07. The Morgan fingerprint density at radius 3 is 3.05 bits per heavy atom. The first kappa shape index (κ1) is 11.3. The number of rotatable bonds is 3. The lowest BCUT2D eigenvalue weighted by Gasteiger charge is -2.08. The number of aromatic hydroxyl groups is 1. The molecule has 0 saturated carbocycles. The quantitative estimate of drug-likeness (QED) is 0.414. The highest BCUT2D eigenvalue weighted by atomic mass is 16.3. The van der Waals surface area contributed by atoms with Crippen molar-refractivity contribution in [2.45, 2.75) is 6.54 Å². The van der Waals surface area contributed by atoms with Gasteiger partial charge in [0.1, 0.15) is 17.6 Å². The number of aromatic amines is 1. The monoisotopic (exact) mass is 256 g/mol. The zero-order valence-electron chi connectivity index (χ0n) is 9.96. The Hall–Kier alpha value is -2.83. The number of imidazole rings is 1. The number of nitrogen functional groups attached to an aromatic ring is 1. The van der Waals surface area contributed by atoms with Gasteiger partial charge in [0.25, 0.3) is 0 Å². The number of fused-ring (bicyclic) bond motifs is 1. The Kier molecular flexibility index (Phi) is 2.64. The van der Waals surface area contributed by atoms with Crippen molar-refractivity contribution < 1.29 is 5.11 Å². The molecule has 7 heteroatoms. The highest BCUT2D eigenvalue weighted by Crippen LogP contribution is 2.22. The number of nitrogens with zero attached hydrogens (tertiary/aromatic N) is 3. The molecule has 0 fully saturated rings. The molecule has 0 amide bonds. The third-order valence-corrected chi connectivity index (χ3v) is 2.77. The van der Waals surface area contributed by atoms with E-state index in [4.69, 9.17) is 5.73 Å². The molecule has 96 valence electrons. The van der Waals surface area contributed by atoms with Crippen molar-refractivity contribution in [1.29, 1.82) is 0 Å². The van der Waals surface area contributed by atoms with Gasteiger partial charge in [-0.15, -0.1) is 0 Å². The number of phenols is 1. The predicted molar refractivity (Wildman–Crippen MR) is 71.5 cm³/mol. The zero-order valence-corrected chi connectivity index (χ0v) is 9.96. The molecule has 5 N–H and O–H groups in total. The highest BCUT2D eigenvalue weighted by molar-refractivity contribution is 5.81. The average molecular weight is 256 g/mol. The number of nitrogens with two attached hydrogens (primary N) is 1. The van der Waals surface area contributed by atoms with Crippen LogP contribution in [-0.2, 0) is 6.54 Å². The first-order chi connectivity index (χ1) is 9.24. The summed E-state index contributed by atoms with van der Waals surface area (Å²) < 4.78 is 0. The van der Waals surface area contributed by atoms with Crippen molar-refractivity contribution in [2.75, 3.05) is 11.1 Å². The van der Waals surface area contributed by atoms with E-state index in [0.29, 0.717) is 29.3 Å². The third-order valence-electron chi connectivity index (χ3n) is 2.77. The number of hydrogen-bond acceptors (Lipinski definition) is 6. The normalized spacial score (nSPS) is 10.7. The maximum Gasteiger partial charge on any atom is 0.182 e. The smallest absolute Gasteiger partial charge is 0.182 e. The summed E-state index contributed by atoms with van der Waals surface area (Å²) in [6, 6.07) is 4.93. The number of benzene rings is 1. The van der Waals surface area contributed by atoms with E-state index in [2.05, 4.69) is 25.3 Å². The van der Waals surface area contributed by atoms with Crippen molar-refractivity contribution in [3.8, 4) is 5.75 Å². The van der Waals surface area contributed by atoms with Gasteiger partial charge in [-0.2, -0.15) is 0 Å². The summed E-state index contributed by atoms with van der Waals surface area (Å²) in [5.41, 5.74) is 8.31. The molecule has 2 heterocycles. The molecule has 3 rings (SSSR count). The summed E-state index contributed by atoms with van der Waals surface area (Å²) in [5, 5.41) is 12.9. The standard InChI is InChI=1S/C12H12N6O/c13-8-1-2-9(19)7(3-8)4-14-11-10-12(16-5-15-10)18-6-17-11/h1-3,5-6,19H,4,13H2,(H2,14,15,16,17,18). The molecule has 0 aliphatic heterocycles. The van der Waals surface area contributed by atoms with Crippen LogP contribution in [0.5, 0.6) is 5.75 Å². The van der Waals surface area contributed by atoms with Crippen LogP contribution in [0.3, 0.4) is 0 Å². The van der Waals surface area contributed by atoms with Crippen LogP contribution in [0.2, 0.25) is 0 Å². The molecule has 1 aromatic carbocycles. The number of H-pyrrole nitrogens is 1. The molecule has 7 nitrogen and oxygen atoms in total. The number of anilines is 2. The minimum absolute atomic E-state index is 0.191. The Labute approximate surface area is 108 Å². The summed E-state index contributed by atoms with van der Waals surface area (Å²) in [5.74, 6) is 0.820. The van der Waals surface area contributed by atoms with E-state index < -0.39 is 0 Å². The van der Waals surface area contributed by atoms with Crippen molar-refractivity contribution in [3.05, 3.63) is 36.4 Å². The van der Waals surface area contributed by atoms with Crippen molar-refractivity contribution >= 4 is 22.7 Å². The molecule has 0 atom stereocenters. The number of phenolic OH excluding ortho intramolecular Hbond substituents is 1. The van der Waals surface area contributed by atoms with Crippen LogP contribution in [0.1, 0.15) is 5.56 Å². The van der Waals surface area contributed by atoms with E-state index in [1.54, 1.807) is 24.5 Å². The van der Waals surface area contributed by atoms with Gasteiger partial charge < -0.3 is 21.1 Å². The van der Waals surface area contributed by atoms with Gasteiger partial charge in [0.2, 0.25) is 0 Å². The Bertz CT molecular complexity index is 723. The molecule has 0 unspecified atom stereocenters. The van der Waals surface area contributed by atoms with Crippen LogP contribution in [0.4, 0.5) is 11.5 Å². The fourth-order valence-corrected chi connectivity index (χ4v) is 1.83. The van der Waals surface area contributed by atoms with Crippen LogP contribution >= 0.6 is 0 Å². The number of nitrogens with one attached hydrogen (secondary N) is 2. The maximum atomic E-state index is 9.74. The van der Waals surface area contributed by atoms with Gasteiger partial charge in [0, 0.05) is 17.8 Å². The van der Waals surface area contributed by atoms with Crippen LogP contribution < -0.4 is 11.1 Å². The first-order valence-corrected chi connectivity index (χ1v) is 5.69. The molecule has 0 bridgehead atoms. The molecular weight excluding hydrogens is 244 g/mol. The molecule has 2 aromatic heterocycles. The fraction of sp³-hybridized carbons (Fsp3) is 0.0833. The second-order valence-corrected chi connectivity index (χ2v) is 4.07. The van der Waals surface area contributed by atoms with E-state index >= 15 is 0 Å². The Morgan fingerprint density at radius 1 is 1.26 bits per heavy atom. The van der Waals surface area contributed by atoms with Gasteiger partial charge in [-0.05, 0) is 18.2 Å². The predicted octanol–water partition coefficient (Wildman–Crippen LogP) is 1.25. The Balaban J connectivity index is 1.86. The maximum absolute atomic E-state index is 9.74. The van der Waals surface area contributed by atoms with Crippen LogP contribution in [-0.4, -0.2) is 25.0 Å². The lowest BCUT2D eigenvalue weighted by Crippen LogP contribution is -2.03. The van der Waals surface area contributed by atoms with Gasteiger partial charge in [0.15, 0.2) is 11.5 Å². The van der Waals surface area contributed by atoms with Crippen LogP contribution in [0, 0.1) is 0 Å². The van der Waals surface area contributed by atoms with E-state index in [0.717, 1.165) is 5.52 Å². The molecule has 0 aliphatic rings. The third kappa shape index (κ3) is 2.13. The van der Waals surface area contributed by atoms with Crippen LogP contribution in [0.25, 0.3) is 11.2 Å². The second kappa shape index (κ2) is 4.45. The lowest BCUT2D eigenvalue weighted by atomic mass is 10.2. The van der Waals surface area contributed by atoms with Crippen molar-refractivity contribution in [1.82, 2.24) is 19.9 Å². The molecule has 0 radical (unpaired) electrons. The van der Waals surface area contributed by atoms with Gasteiger partial charge in [0.05, 0.1) is 6.33 Å². The summed E-state index contributed by atoms with van der Waals surface area (Å²) in [4.78, 5) is 15.2. The molecular formula is C12H12N6O. The minimum atomic E-state index is 0.191. The van der Waals surface area contributed by atoms with Gasteiger partial charge in [-0.25, -0.2) is 15.0 Å². The van der Waals surface area contributed by atoms with E-state index in [9.17, 15) is 5.11 Å². The first-order valence-electron chi connectivity index (χ1n) is 5.69. The fourth-order valence-electron chi connectivity index (χ4n) is 1.83.